The van der Waals surface area contributed by atoms with Crippen LogP contribution in [-0.4, -0.2) is 11.3 Å². The van der Waals surface area contributed by atoms with Crippen LogP contribution in [0.25, 0.3) is 12.2 Å². The van der Waals surface area contributed by atoms with E-state index in [1.165, 1.54) is 73.1 Å². The van der Waals surface area contributed by atoms with Gasteiger partial charge in [0.2, 0.25) is 0 Å². The third-order valence-electron chi connectivity index (χ3n) is 8.65. The number of allylic oxidation sites excluding steroid dienone is 2. The fourth-order valence-electron chi connectivity index (χ4n) is 6.67. The molecule has 1 nitrogen and oxygen atoms in total. The molecule has 39 heavy (non-hydrogen) atoms. The van der Waals surface area contributed by atoms with Gasteiger partial charge in [-0.3, -0.25) is 0 Å². The zero-order chi connectivity index (χ0) is 28.1. The van der Waals surface area contributed by atoms with Crippen molar-refractivity contribution in [1.82, 2.24) is 0 Å². The van der Waals surface area contributed by atoms with Crippen LogP contribution in [0.3, 0.4) is 0 Å². The Morgan fingerprint density at radius 3 is 1.59 bits per heavy atom. The normalized spacial score (nSPS) is 21.4. The Balaban J connectivity index is 2.03. The Labute approximate surface area is 241 Å². The summed E-state index contributed by atoms with van der Waals surface area (Å²) >= 11 is 0. The quantitative estimate of drug-likeness (QED) is 0.307. The third kappa shape index (κ3) is 7.46. The van der Waals surface area contributed by atoms with Gasteiger partial charge < -0.3 is 4.57 Å². The number of benzene rings is 2. The zero-order valence-electron chi connectivity index (χ0n) is 25.5. The molecule has 2 atom stereocenters. The van der Waals surface area contributed by atoms with Crippen LogP contribution in [0.2, 0.25) is 0 Å². The molecule has 0 saturated heterocycles. The molecule has 0 radical (unpaired) electrons. The van der Waals surface area contributed by atoms with Gasteiger partial charge in [0, 0.05) is 5.66 Å². The molecule has 2 aromatic rings. The Kier molecular flexibility index (Phi) is 10.2. The molecule has 0 aliphatic heterocycles. The second-order valence-electron chi connectivity index (χ2n) is 13.9. The van der Waals surface area contributed by atoms with E-state index in [1.54, 1.807) is 0 Å². The summed E-state index contributed by atoms with van der Waals surface area (Å²) in [6, 6.07) is 21.6. The first kappa shape index (κ1) is 30.5. The molecule has 2 aliphatic rings. The van der Waals surface area contributed by atoms with Crippen LogP contribution in [0.15, 0.2) is 71.3 Å². The average Bonchev–Trinajstić information content (AvgIpc) is 2.92. The molecule has 2 saturated carbocycles. The van der Waals surface area contributed by atoms with Crippen LogP contribution < -0.4 is 0 Å². The Hall–Kier alpha value is -1.42. The largest absolute Gasteiger partial charge is 0.314 e. The van der Waals surface area contributed by atoms with Crippen molar-refractivity contribution in [2.75, 3.05) is 0 Å². The van der Waals surface area contributed by atoms with Gasteiger partial charge in [-0.25, -0.2) is 0 Å². The Bertz CT molecular complexity index is 1150. The highest BCUT2D eigenvalue weighted by atomic mass is 32.1. The zero-order valence-corrected chi connectivity index (χ0v) is 27.2. The maximum atomic E-state index is 16.7. The lowest BCUT2D eigenvalue weighted by Crippen LogP contribution is -2.25. The summed E-state index contributed by atoms with van der Waals surface area (Å²) in [5.74, 6) is 0. The van der Waals surface area contributed by atoms with Gasteiger partial charge in [0.25, 0.3) is 0 Å². The average molecular weight is 563 g/mol. The minimum absolute atomic E-state index is 0.0426. The van der Waals surface area contributed by atoms with Crippen molar-refractivity contribution in [3.63, 3.8) is 0 Å². The molecule has 0 aromatic heterocycles. The molecule has 2 aromatic carbocycles. The third-order valence-corrected chi connectivity index (χ3v) is 20.0. The predicted octanol–water partition coefficient (Wildman–Crippen LogP) is 12.6. The van der Waals surface area contributed by atoms with Crippen molar-refractivity contribution in [3.8, 4) is 0 Å². The van der Waals surface area contributed by atoms with E-state index in [2.05, 4.69) is 114 Å². The van der Waals surface area contributed by atoms with Gasteiger partial charge in [0.05, 0.1) is 0 Å². The molecule has 0 spiro atoms. The summed E-state index contributed by atoms with van der Waals surface area (Å²) in [5.41, 5.74) is 3.09. The fourth-order valence-corrected chi connectivity index (χ4v) is 20.7. The maximum Gasteiger partial charge on any atom is 0.139 e. The summed E-state index contributed by atoms with van der Waals surface area (Å²) < 4.78 is 16.7. The molecule has 212 valence electrons. The van der Waals surface area contributed by atoms with Gasteiger partial charge in [-0.15, -0.1) is 0 Å². The molecular weight excluding hydrogens is 510 g/mol. The Morgan fingerprint density at radius 2 is 1.13 bits per heavy atom. The lowest BCUT2D eigenvalue weighted by molar-refractivity contribution is 0.474. The summed E-state index contributed by atoms with van der Waals surface area (Å²) in [6.45, 7) is 11.3. The van der Waals surface area contributed by atoms with Crippen molar-refractivity contribution in [1.29, 1.82) is 0 Å². The molecule has 4 rings (SSSR count). The van der Waals surface area contributed by atoms with E-state index >= 15 is 4.57 Å². The van der Waals surface area contributed by atoms with Gasteiger partial charge >= 0.3 is 0 Å². The number of hydrogen-bond donors (Lipinski definition) is 0. The lowest BCUT2D eigenvalue weighted by atomic mass is 9.94. The van der Waals surface area contributed by atoms with E-state index in [0.29, 0.717) is 11.3 Å². The monoisotopic (exact) mass is 562 g/mol. The lowest BCUT2D eigenvalue weighted by Gasteiger charge is -2.48. The summed E-state index contributed by atoms with van der Waals surface area (Å²) in [7, 11) is -0.874. The van der Waals surface area contributed by atoms with Crippen LogP contribution >= 0.6 is 14.4 Å². The summed E-state index contributed by atoms with van der Waals surface area (Å²) in [5, 5.41) is 2.74. The minimum Gasteiger partial charge on any atom is -0.314 e. The minimum atomic E-state index is -2.80. The molecule has 0 amide bonds. The molecular formula is C36H52OP2. The van der Waals surface area contributed by atoms with Crippen LogP contribution in [0.1, 0.15) is 117 Å². The van der Waals surface area contributed by atoms with Gasteiger partial charge in [0.15, 0.2) is 0 Å². The number of rotatable bonds is 7. The second kappa shape index (κ2) is 13.0. The standard InChI is InChI=1S/C36H52OP2/c1-35(2,3)33(27-29-19-11-7-12-20-29)38(31-23-15-9-16-24-31)39(37,32-25-17-10-18-26-32)34(36(4,5)6)28-30-21-13-8-14-22-30/h7-8,11-14,19-22,27-28,31-32H,9-10,15-18,23-26H2,1-6H3/b33-27+,34-28-/t38-,39+/m1/s1. The molecule has 2 aliphatic carbocycles. The van der Waals surface area contributed by atoms with Crippen LogP contribution in [0.4, 0.5) is 0 Å². The molecule has 0 N–H and O–H groups in total. The molecule has 0 unspecified atom stereocenters. The highest BCUT2D eigenvalue weighted by molar-refractivity contribution is 8.37. The molecule has 3 heteroatoms. The SMILES string of the molecule is CC(C)(C)/C(=C/c1ccccc1)[P@](=O)(C1CCCCC1)[P@@](/C(=C/c1ccccc1)C(C)(C)C)C1CCCCC1. The van der Waals surface area contributed by atoms with Gasteiger partial charge in [-0.05, 0) is 77.6 Å². The topological polar surface area (TPSA) is 17.1 Å². The van der Waals surface area contributed by atoms with E-state index in [9.17, 15) is 0 Å². The summed E-state index contributed by atoms with van der Waals surface area (Å²) in [4.78, 5) is 0. The number of hydrogen-bond acceptors (Lipinski definition) is 1. The molecule has 0 heterocycles. The second-order valence-corrected chi connectivity index (χ2v) is 21.4. The molecule has 2 fully saturated rings. The Morgan fingerprint density at radius 1 is 0.667 bits per heavy atom. The first-order chi connectivity index (χ1) is 18.5. The predicted molar refractivity (Wildman–Crippen MR) is 176 cm³/mol. The highest BCUT2D eigenvalue weighted by Gasteiger charge is 2.52. The van der Waals surface area contributed by atoms with Gasteiger partial charge in [0.1, 0.15) is 6.83 Å². The first-order valence-corrected chi connectivity index (χ1v) is 19.3. The van der Waals surface area contributed by atoms with Crippen molar-refractivity contribution in [3.05, 3.63) is 82.4 Å². The first-order valence-electron chi connectivity index (χ1n) is 15.5. The van der Waals surface area contributed by atoms with Crippen molar-refractivity contribution in [2.45, 2.75) is 117 Å². The summed E-state index contributed by atoms with van der Waals surface area (Å²) in [6.07, 6.45) is 17.2. The van der Waals surface area contributed by atoms with Crippen LogP contribution in [0, 0.1) is 10.8 Å². The smallest absolute Gasteiger partial charge is 0.139 e. The van der Waals surface area contributed by atoms with E-state index in [-0.39, 0.29) is 10.8 Å². The maximum absolute atomic E-state index is 16.7. The highest BCUT2D eigenvalue weighted by Crippen LogP contribution is 2.92. The van der Waals surface area contributed by atoms with Gasteiger partial charge in [-0.2, -0.15) is 0 Å². The van der Waals surface area contributed by atoms with Crippen molar-refractivity contribution >= 4 is 26.6 Å². The fraction of sp³-hybridized carbons (Fsp3) is 0.556. The van der Waals surface area contributed by atoms with Crippen LogP contribution in [0.5, 0.6) is 0 Å². The van der Waals surface area contributed by atoms with E-state index in [1.807, 2.05) is 0 Å². The van der Waals surface area contributed by atoms with E-state index in [0.717, 1.165) is 12.8 Å². The van der Waals surface area contributed by atoms with Gasteiger partial charge in [-0.1, -0.05) is 147 Å². The van der Waals surface area contributed by atoms with Crippen molar-refractivity contribution in [2.24, 2.45) is 10.8 Å². The molecule has 0 bridgehead atoms. The van der Waals surface area contributed by atoms with Crippen LogP contribution in [-0.2, 0) is 4.57 Å². The van der Waals surface area contributed by atoms with E-state index < -0.39 is 14.4 Å². The van der Waals surface area contributed by atoms with E-state index in [4.69, 9.17) is 0 Å². The van der Waals surface area contributed by atoms with Crippen molar-refractivity contribution < 1.29 is 4.57 Å².